The van der Waals surface area contributed by atoms with Gasteiger partial charge in [0.25, 0.3) is 0 Å². The van der Waals surface area contributed by atoms with Gasteiger partial charge in [-0.3, -0.25) is 9.59 Å². The number of hydrogen-bond acceptors (Lipinski definition) is 12. The van der Waals surface area contributed by atoms with Gasteiger partial charge in [-0.15, -0.1) is 0 Å². The molecule has 15 aromatic rings. The number of fused-ring (bicyclic) bond motifs is 34. The van der Waals surface area contributed by atoms with Crippen molar-refractivity contribution in [2.24, 2.45) is 10.8 Å². The molecule has 20 bridgehead atoms. The lowest BCUT2D eigenvalue weighted by Crippen LogP contribution is -2.26. The maximum atomic E-state index is 14.7. The zero-order valence-electron chi connectivity index (χ0n) is 62.3. The van der Waals surface area contributed by atoms with Crippen molar-refractivity contribution in [3.05, 3.63) is 288 Å². The number of nitrogens with zero attached hydrogens (tertiary/aromatic N) is 2. The van der Waals surface area contributed by atoms with E-state index in [9.17, 15) is 19.8 Å². The summed E-state index contributed by atoms with van der Waals surface area (Å²) < 4.78 is 42.5. The number of aromatic nitrogens is 4. The first kappa shape index (κ1) is 68.5. The topological polar surface area (TPSA) is 187 Å². The van der Waals surface area contributed by atoms with Crippen LogP contribution in [-0.4, -0.2) is 42.1 Å². The highest BCUT2D eigenvalue weighted by Crippen LogP contribution is 2.54. The lowest BCUT2D eigenvalue weighted by molar-refractivity contribution is -0.143. The van der Waals surface area contributed by atoms with Gasteiger partial charge in [-0.2, -0.15) is 0 Å². The van der Waals surface area contributed by atoms with Crippen molar-refractivity contribution in [3.8, 4) is 113 Å². The maximum absolute atomic E-state index is 14.7. The number of carbonyl (C=O) groups is 2. The van der Waals surface area contributed by atoms with Gasteiger partial charge in [0, 0.05) is 111 Å². The van der Waals surface area contributed by atoms with Crippen molar-refractivity contribution in [1.82, 2.24) is 19.9 Å². The molecule has 14 heteroatoms. The Morgan fingerprint density at radius 2 is 0.571 bits per heavy atom. The summed E-state index contributed by atoms with van der Waals surface area (Å²) in [6.45, 7) is 10.6. The number of carbonyl (C=O) groups excluding carboxylic acids is 2. The molecular formula is C98H74N4O10. The quantitative estimate of drug-likeness (QED) is 0.0949. The standard InChI is InChI=1S/C98H74N4O10/c1-97(2,3)95(105)111-93-61-49-57-25-9-13-29-65(57)89(93)87-63-27-11-7-23-55(63)47-59(91(87)103)51-107-79-35-19-15-31-67(79)83-71-39-43-75(99-71)85(69-33-17-21-37-81(69)109-53-61)77-45-41-73(101-77)84-68-32-16-20-36-80(68)108-52-60-48-56-24-8-12-28-64(56)88(92(60)104)90-66-30-14-10-26-58(66)50-62(94(90)112-96(106)98(4,5)6)54-110-82-38-22-18-34-70(82)86(76-44-40-72(84)100-76)78-46-42-74(83)102-78/h7-50,99-100,103-104H,51-54H2,1-6H3. The fourth-order valence-corrected chi connectivity index (χ4v) is 15.9. The van der Waals surface area contributed by atoms with Crippen LogP contribution >= 0.6 is 0 Å². The van der Waals surface area contributed by atoms with Crippen LogP contribution in [0.5, 0.6) is 46.0 Å². The van der Waals surface area contributed by atoms with E-state index in [-0.39, 0.29) is 49.4 Å². The van der Waals surface area contributed by atoms with Gasteiger partial charge in [0.1, 0.15) is 72.4 Å². The van der Waals surface area contributed by atoms with Crippen molar-refractivity contribution in [3.63, 3.8) is 0 Å². The fraction of sp³-hybridized carbons (Fsp3) is 0.122. The van der Waals surface area contributed by atoms with Crippen molar-refractivity contribution in [1.29, 1.82) is 0 Å². The molecule has 0 amide bonds. The lowest BCUT2D eigenvalue weighted by atomic mass is 9.88. The fourth-order valence-electron chi connectivity index (χ4n) is 15.9. The second kappa shape index (κ2) is 27.0. The first-order valence-electron chi connectivity index (χ1n) is 37.5. The number of nitrogens with one attached hydrogen (secondary N) is 2. The third kappa shape index (κ3) is 11.9. The SMILES string of the molecule is CC(C)(C)C(=O)Oc1c2cc3ccccc3c1-c1c(O)c(cc3ccccc13)COc1ccccc1-c1c3nc(c4c5ccc([nH]5)c(c5nc(c(c6ccc1[nH]6)-c1ccccc1OC2)C=C5)-c1ccccc1OCc1cc2ccccc2c(c1O)-c1c(OC(=O)C(C)(C)C)c(cc2ccccc12)COc1ccccc1-4)C=C3. The summed E-state index contributed by atoms with van der Waals surface area (Å²) >= 11 is 0. The molecule has 3 aromatic heterocycles. The van der Waals surface area contributed by atoms with Crippen molar-refractivity contribution in [2.45, 2.75) is 68.0 Å². The number of para-hydroxylation sites is 4. The summed E-state index contributed by atoms with van der Waals surface area (Å²) in [5.41, 5.74) is 12.9. The molecule has 546 valence electrons. The van der Waals surface area contributed by atoms with Crippen LogP contribution in [0.2, 0.25) is 0 Å². The smallest absolute Gasteiger partial charge is 0.316 e. The van der Waals surface area contributed by atoms with Gasteiger partial charge >= 0.3 is 11.9 Å². The van der Waals surface area contributed by atoms with E-state index in [4.69, 9.17) is 38.4 Å². The molecule has 112 heavy (non-hydrogen) atoms. The molecule has 0 saturated heterocycles. The number of phenolic OH excluding ortho intramolecular Hbond substituents is 2. The largest absolute Gasteiger partial charge is 0.507 e. The third-order valence-electron chi connectivity index (χ3n) is 21.4. The van der Waals surface area contributed by atoms with E-state index in [1.807, 2.05) is 284 Å². The van der Waals surface area contributed by atoms with E-state index >= 15 is 0 Å². The Bertz CT molecular complexity index is 6360. The van der Waals surface area contributed by atoms with Crippen LogP contribution in [0, 0.1) is 10.8 Å². The highest BCUT2D eigenvalue weighted by molar-refractivity contribution is 6.14. The zero-order valence-corrected chi connectivity index (χ0v) is 62.3. The van der Waals surface area contributed by atoms with E-state index in [0.29, 0.717) is 157 Å². The molecule has 0 unspecified atom stereocenters. The molecule has 4 aliphatic heterocycles. The molecule has 0 atom stereocenters. The van der Waals surface area contributed by atoms with Crippen LogP contribution in [0.1, 0.15) is 86.6 Å². The summed E-state index contributed by atoms with van der Waals surface area (Å²) in [6.07, 6.45) is 8.10. The second-order valence-electron chi connectivity index (χ2n) is 30.8. The number of rotatable bonds is 2. The number of aromatic hydroxyl groups is 2. The van der Waals surface area contributed by atoms with Gasteiger partial charge < -0.3 is 48.6 Å². The molecule has 0 radical (unpaired) electrons. The minimum absolute atomic E-state index is 0.0460. The predicted octanol–water partition coefficient (Wildman–Crippen LogP) is 23.5. The number of esters is 2. The van der Waals surface area contributed by atoms with Crippen LogP contribution in [0.25, 0.3) is 156 Å². The predicted molar refractivity (Wildman–Crippen MR) is 445 cm³/mol. The Kier molecular flexibility index (Phi) is 16.5. The highest BCUT2D eigenvalue weighted by Gasteiger charge is 2.34. The highest BCUT2D eigenvalue weighted by atomic mass is 16.5. The van der Waals surface area contributed by atoms with Gasteiger partial charge in [-0.05, 0) is 182 Å². The molecule has 12 aromatic carbocycles. The number of benzene rings is 12. The van der Waals surface area contributed by atoms with E-state index in [0.717, 1.165) is 43.1 Å². The number of H-pyrrole nitrogens is 2. The molecule has 14 nitrogen and oxygen atoms in total. The average Bonchev–Trinajstić information content (AvgIpc) is 1.06. The average molecular weight is 1470 g/mol. The van der Waals surface area contributed by atoms with Gasteiger partial charge in [-0.1, -0.05) is 170 Å². The van der Waals surface area contributed by atoms with Crippen LogP contribution in [0.3, 0.4) is 0 Å². The van der Waals surface area contributed by atoms with Gasteiger partial charge in [0.15, 0.2) is 0 Å². The summed E-state index contributed by atoms with van der Waals surface area (Å²) in [6, 6.07) is 79.3. The molecule has 19 rings (SSSR count). The van der Waals surface area contributed by atoms with E-state index in [1.165, 1.54) is 0 Å². The summed E-state index contributed by atoms with van der Waals surface area (Å²) in [4.78, 5) is 48.8. The Balaban J connectivity index is 0.914. The molecule has 0 fully saturated rings. The minimum atomic E-state index is -0.943. The number of phenols is 2. The van der Waals surface area contributed by atoms with E-state index in [1.54, 1.807) is 0 Å². The Hall–Kier alpha value is -14.0. The third-order valence-corrected chi connectivity index (χ3v) is 21.4. The molecular weight excluding hydrogens is 1390 g/mol. The van der Waals surface area contributed by atoms with Crippen molar-refractivity contribution < 1.29 is 48.2 Å². The van der Waals surface area contributed by atoms with Gasteiger partial charge in [0.2, 0.25) is 0 Å². The van der Waals surface area contributed by atoms with Gasteiger partial charge in [0.05, 0.1) is 33.6 Å². The molecule has 7 heterocycles. The second-order valence-corrected chi connectivity index (χ2v) is 30.8. The monoisotopic (exact) mass is 1470 g/mol. The van der Waals surface area contributed by atoms with Crippen LogP contribution < -0.4 is 28.4 Å². The number of aromatic amines is 2. The zero-order chi connectivity index (χ0) is 76.3. The number of hydrogen-bond donors (Lipinski definition) is 4. The van der Waals surface area contributed by atoms with E-state index in [2.05, 4.69) is 34.2 Å². The molecule has 4 N–H and O–H groups in total. The Morgan fingerprint density at radius 3 is 0.866 bits per heavy atom. The summed E-state index contributed by atoms with van der Waals surface area (Å²) in [5.74, 6) is 1.45. The molecule has 0 aliphatic carbocycles. The first-order chi connectivity index (χ1) is 54.4. The van der Waals surface area contributed by atoms with Crippen molar-refractivity contribution >= 4 is 101 Å². The summed E-state index contributed by atoms with van der Waals surface area (Å²) in [7, 11) is 0. The summed E-state index contributed by atoms with van der Waals surface area (Å²) in [5, 5.41) is 32.9. The minimum Gasteiger partial charge on any atom is -0.507 e. The van der Waals surface area contributed by atoms with Crippen LogP contribution in [0.15, 0.2) is 243 Å². The lowest BCUT2D eigenvalue weighted by Gasteiger charge is -2.24. The molecule has 0 saturated carbocycles. The van der Waals surface area contributed by atoms with Gasteiger partial charge in [-0.25, -0.2) is 9.97 Å². The number of ether oxygens (including phenoxy) is 6. The first-order valence-corrected chi connectivity index (χ1v) is 37.5. The molecule has 4 aliphatic rings. The van der Waals surface area contributed by atoms with Crippen molar-refractivity contribution in [2.75, 3.05) is 0 Å². The Morgan fingerprint density at radius 1 is 0.321 bits per heavy atom. The maximum Gasteiger partial charge on any atom is 0.316 e. The van der Waals surface area contributed by atoms with Crippen LogP contribution in [-0.2, 0) is 36.0 Å². The Labute approximate surface area is 645 Å². The normalized spacial score (nSPS) is 13.1. The van der Waals surface area contributed by atoms with Crippen LogP contribution in [0.4, 0.5) is 0 Å². The molecule has 0 spiro atoms. The van der Waals surface area contributed by atoms with E-state index < -0.39 is 22.8 Å².